The molecule has 1 aromatic carbocycles. The molecule has 0 bridgehead atoms. The highest BCUT2D eigenvalue weighted by atomic mass is 32.2. The Labute approximate surface area is 103 Å². The number of hydrogen-bond donors (Lipinski definition) is 0. The van der Waals surface area contributed by atoms with Gasteiger partial charge in [0.15, 0.2) is 0 Å². The van der Waals surface area contributed by atoms with E-state index in [0.717, 1.165) is 18.6 Å². The van der Waals surface area contributed by atoms with Crippen molar-refractivity contribution in [2.24, 2.45) is 0 Å². The highest BCUT2D eigenvalue weighted by Crippen LogP contribution is 2.34. The normalized spacial score (nSPS) is 20.1. The van der Waals surface area contributed by atoms with E-state index in [2.05, 4.69) is 45.2 Å². The minimum atomic E-state index is 0.228. The van der Waals surface area contributed by atoms with E-state index in [1.165, 1.54) is 11.1 Å². The van der Waals surface area contributed by atoms with Crippen molar-refractivity contribution < 1.29 is 4.74 Å². The highest BCUT2D eigenvalue weighted by Gasteiger charge is 2.21. The number of benzene rings is 1. The number of hydrogen-bond acceptors (Lipinski definition) is 2. The third-order valence-electron chi connectivity index (χ3n) is 3.10. The van der Waals surface area contributed by atoms with Gasteiger partial charge in [0.05, 0.1) is 0 Å². The minimum absolute atomic E-state index is 0.228. The second kappa shape index (κ2) is 4.33. The van der Waals surface area contributed by atoms with E-state index in [1.807, 2.05) is 0 Å². The first kappa shape index (κ1) is 11.8. The molecule has 16 heavy (non-hydrogen) atoms. The topological polar surface area (TPSA) is 9.23 Å². The Morgan fingerprint density at radius 2 is 2.06 bits per heavy atom. The van der Waals surface area contributed by atoms with Crippen LogP contribution in [0.5, 0.6) is 5.75 Å². The average molecular weight is 236 g/mol. The van der Waals surface area contributed by atoms with Crippen molar-refractivity contribution in [1.82, 2.24) is 0 Å². The lowest BCUT2D eigenvalue weighted by atomic mass is 9.85. The van der Waals surface area contributed by atoms with Crippen molar-refractivity contribution in [3.8, 4) is 5.75 Å². The summed E-state index contributed by atoms with van der Waals surface area (Å²) >= 11 is 1.80. The summed E-state index contributed by atoms with van der Waals surface area (Å²) in [5.41, 5.74) is 3.34. The standard InChI is InChI=1S/C14H20OS/c1-14(2,3)11-6-7-12-10(9-11)5-8-13(15-12)16-4/h6-7,9,13H,5,8H2,1-4H3. The maximum atomic E-state index is 5.91. The molecule has 0 saturated heterocycles. The average Bonchev–Trinajstić information content (AvgIpc) is 2.26. The van der Waals surface area contributed by atoms with Gasteiger partial charge in [0, 0.05) is 0 Å². The molecular weight excluding hydrogens is 216 g/mol. The van der Waals surface area contributed by atoms with Crippen LogP contribution in [0.1, 0.15) is 38.3 Å². The molecule has 88 valence electrons. The smallest absolute Gasteiger partial charge is 0.144 e. The first-order valence-electron chi connectivity index (χ1n) is 5.83. The lowest BCUT2D eigenvalue weighted by molar-refractivity contribution is 0.256. The highest BCUT2D eigenvalue weighted by molar-refractivity contribution is 7.99. The van der Waals surface area contributed by atoms with Crippen LogP contribution in [-0.2, 0) is 11.8 Å². The van der Waals surface area contributed by atoms with Gasteiger partial charge in [-0.25, -0.2) is 0 Å². The molecule has 0 saturated carbocycles. The van der Waals surface area contributed by atoms with E-state index in [-0.39, 0.29) is 5.41 Å². The Morgan fingerprint density at radius 3 is 2.69 bits per heavy atom. The van der Waals surface area contributed by atoms with Crippen LogP contribution >= 0.6 is 11.8 Å². The monoisotopic (exact) mass is 236 g/mol. The molecule has 0 spiro atoms. The predicted octanol–water partition coefficient (Wildman–Crippen LogP) is 4.00. The summed E-state index contributed by atoms with van der Waals surface area (Å²) in [5.74, 6) is 1.08. The summed E-state index contributed by atoms with van der Waals surface area (Å²) in [5, 5.41) is 0. The first-order valence-corrected chi connectivity index (χ1v) is 7.12. The summed E-state index contributed by atoms with van der Waals surface area (Å²) in [7, 11) is 0. The van der Waals surface area contributed by atoms with Gasteiger partial charge >= 0.3 is 0 Å². The maximum Gasteiger partial charge on any atom is 0.144 e. The molecule has 1 unspecified atom stereocenters. The SMILES string of the molecule is CSC1CCc2cc(C(C)(C)C)ccc2O1. The van der Waals surface area contributed by atoms with Gasteiger partial charge in [-0.05, 0) is 41.7 Å². The molecule has 1 aliphatic heterocycles. The van der Waals surface area contributed by atoms with Crippen molar-refractivity contribution in [3.05, 3.63) is 29.3 Å². The van der Waals surface area contributed by atoms with Crippen LogP contribution < -0.4 is 4.74 Å². The van der Waals surface area contributed by atoms with E-state index < -0.39 is 0 Å². The van der Waals surface area contributed by atoms with Crippen molar-refractivity contribution >= 4 is 11.8 Å². The molecule has 1 atom stereocenters. The molecule has 1 aliphatic rings. The number of rotatable bonds is 1. The van der Waals surface area contributed by atoms with E-state index in [1.54, 1.807) is 11.8 Å². The predicted molar refractivity (Wildman–Crippen MR) is 71.4 cm³/mol. The molecule has 0 N–H and O–H groups in total. The van der Waals surface area contributed by atoms with Gasteiger partial charge in [-0.1, -0.05) is 32.9 Å². The van der Waals surface area contributed by atoms with Gasteiger partial charge in [0.1, 0.15) is 11.2 Å². The summed E-state index contributed by atoms with van der Waals surface area (Å²) in [6, 6.07) is 6.64. The Hall–Kier alpha value is -0.630. The molecule has 0 aliphatic carbocycles. The van der Waals surface area contributed by atoms with Gasteiger partial charge in [-0.3, -0.25) is 0 Å². The molecule has 0 radical (unpaired) electrons. The van der Waals surface area contributed by atoms with Crippen LogP contribution in [0.15, 0.2) is 18.2 Å². The second-order valence-electron chi connectivity index (χ2n) is 5.39. The molecule has 0 fully saturated rings. The van der Waals surface area contributed by atoms with Crippen molar-refractivity contribution in [3.63, 3.8) is 0 Å². The van der Waals surface area contributed by atoms with Gasteiger partial charge in [0.2, 0.25) is 0 Å². The van der Waals surface area contributed by atoms with E-state index >= 15 is 0 Å². The summed E-state index contributed by atoms with van der Waals surface area (Å²) < 4.78 is 5.91. The van der Waals surface area contributed by atoms with Crippen LogP contribution in [0.4, 0.5) is 0 Å². The van der Waals surface area contributed by atoms with E-state index in [4.69, 9.17) is 4.74 Å². The Bertz CT molecular complexity index is 379. The molecule has 1 nitrogen and oxygen atoms in total. The zero-order valence-electron chi connectivity index (χ0n) is 10.5. The van der Waals surface area contributed by atoms with Gasteiger partial charge in [-0.2, -0.15) is 0 Å². The second-order valence-corrected chi connectivity index (χ2v) is 6.39. The van der Waals surface area contributed by atoms with Crippen molar-refractivity contribution in [2.45, 2.75) is 44.5 Å². The zero-order valence-corrected chi connectivity index (χ0v) is 11.4. The molecule has 2 heteroatoms. The van der Waals surface area contributed by atoms with E-state index in [9.17, 15) is 0 Å². The van der Waals surface area contributed by atoms with Crippen LogP contribution in [0.25, 0.3) is 0 Å². The number of thioether (sulfide) groups is 1. The fourth-order valence-corrected chi connectivity index (χ4v) is 2.55. The zero-order chi connectivity index (χ0) is 11.8. The Balaban J connectivity index is 2.28. The number of fused-ring (bicyclic) bond motifs is 1. The fourth-order valence-electron chi connectivity index (χ4n) is 2.00. The number of ether oxygens (including phenoxy) is 1. The lowest BCUT2D eigenvalue weighted by Gasteiger charge is -2.27. The minimum Gasteiger partial charge on any atom is -0.480 e. The third-order valence-corrected chi connectivity index (χ3v) is 3.95. The van der Waals surface area contributed by atoms with Gasteiger partial charge in [0.25, 0.3) is 0 Å². The van der Waals surface area contributed by atoms with Crippen LogP contribution in [0.2, 0.25) is 0 Å². The first-order chi connectivity index (χ1) is 7.50. The van der Waals surface area contributed by atoms with Gasteiger partial charge in [-0.15, -0.1) is 11.8 Å². The summed E-state index contributed by atoms with van der Waals surface area (Å²) in [6.07, 6.45) is 4.38. The molecule has 0 aromatic heterocycles. The van der Waals surface area contributed by atoms with Gasteiger partial charge < -0.3 is 4.74 Å². The largest absolute Gasteiger partial charge is 0.480 e. The molecule has 1 heterocycles. The third kappa shape index (κ3) is 2.37. The fraction of sp³-hybridized carbons (Fsp3) is 0.571. The van der Waals surface area contributed by atoms with Crippen LogP contribution in [0.3, 0.4) is 0 Å². The maximum absolute atomic E-state index is 5.91. The number of aryl methyl sites for hydroxylation is 1. The molecular formula is C14H20OS. The molecule has 1 aromatic rings. The van der Waals surface area contributed by atoms with Crippen LogP contribution in [0, 0.1) is 0 Å². The summed E-state index contributed by atoms with van der Waals surface area (Å²) in [6.45, 7) is 6.76. The van der Waals surface area contributed by atoms with Crippen molar-refractivity contribution in [1.29, 1.82) is 0 Å². The van der Waals surface area contributed by atoms with Crippen molar-refractivity contribution in [2.75, 3.05) is 6.26 Å². The molecule has 2 rings (SSSR count). The Kier molecular flexibility index (Phi) is 3.20. The van der Waals surface area contributed by atoms with Crippen LogP contribution in [-0.4, -0.2) is 11.7 Å². The molecule has 0 amide bonds. The quantitative estimate of drug-likeness (QED) is 0.729. The Morgan fingerprint density at radius 1 is 1.31 bits per heavy atom. The van der Waals surface area contributed by atoms with E-state index in [0.29, 0.717) is 5.44 Å². The lowest BCUT2D eigenvalue weighted by Crippen LogP contribution is -2.20. The summed E-state index contributed by atoms with van der Waals surface area (Å²) in [4.78, 5) is 0.